The molecule has 0 bridgehead atoms. The average Bonchev–Trinajstić information content (AvgIpc) is 2.46. The first-order valence-electron chi connectivity index (χ1n) is 6.83. The predicted octanol–water partition coefficient (Wildman–Crippen LogP) is 5.06. The van der Waals surface area contributed by atoms with E-state index >= 15 is 0 Å². The van der Waals surface area contributed by atoms with Crippen molar-refractivity contribution in [1.29, 1.82) is 0 Å². The first-order valence-corrected chi connectivity index (χ1v) is 6.83. The average molecular weight is 232 g/mol. The summed E-state index contributed by atoms with van der Waals surface area (Å²) in [5.74, 6) is 0.642. The molecule has 0 nitrogen and oxygen atoms in total. The smallest absolute Gasteiger partial charge is 0.00924 e. The molecule has 2 aromatic carbocycles. The van der Waals surface area contributed by atoms with Crippen LogP contribution in [0.25, 0.3) is 16.8 Å². The number of rotatable bonds is 0. The maximum absolute atomic E-state index is 2.42. The van der Waals surface area contributed by atoms with Crippen molar-refractivity contribution in [1.82, 2.24) is 0 Å². The molecule has 0 heterocycles. The Balaban J connectivity index is 2.01. The molecule has 0 saturated carbocycles. The first-order chi connectivity index (χ1) is 8.93. The molecule has 2 aliphatic rings. The van der Waals surface area contributed by atoms with Gasteiger partial charge in [0, 0.05) is 5.92 Å². The predicted molar refractivity (Wildman–Crippen MR) is 77.7 cm³/mol. The molecule has 4 rings (SSSR count). The second-order valence-corrected chi connectivity index (χ2v) is 5.31. The lowest BCUT2D eigenvalue weighted by atomic mass is 9.76. The minimum Gasteiger partial charge on any atom is -0.0807 e. The van der Waals surface area contributed by atoms with Crippen LogP contribution in [0.5, 0.6) is 0 Å². The molecule has 0 N–H and O–H groups in total. The van der Waals surface area contributed by atoms with Crippen LogP contribution in [0.1, 0.15) is 36.3 Å². The van der Waals surface area contributed by atoms with E-state index in [-0.39, 0.29) is 0 Å². The molecule has 0 saturated heterocycles. The Morgan fingerprint density at radius 2 is 1.89 bits per heavy atom. The number of allylic oxidation sites excluding steroid dienone is 3. The third-order valence-electron chi connectivity index (χ3n) is 4.30. The standard InChI is InChI=1S/C18H16/c1-3-7-15-13(5-1)9-11-18-16-8-4-2-6-14(16)10-12-17(15)18/h1,3,5-7,9-12,16H,2,4,8H2. The summed E-state index contributed by atoms with van der Waals surface area (Å²) in [4.78, 5) is 0. The van der Waals surface area contributed by atoms with E-state index < -0.39 is 0 Å². The maximum Gasteiger partial charge on any atom is 0.00924 e. The van der Waals surface area contributed by atoms with Crippen LogP contribution in [-0.2, 0) is 0 Å². The lowest BCUT2D eigenvalue weighted by Gasteiger charge is -2.28. The summed E-state index contributed by atoms with van der Waals surface area (Å²) in [7, 11) is 0. The fourth-order valence-electron chi connectivity index (χ4n) is 3.40. The van der Waals surface area contributed by atoms with Crippen molar-refractivity contribution in [2.24, 2.45) is 0 Å². The minimum atomic E-state index is 0.642. The van der Waals surface area contributed by atoms with E-state index in [1.807, 2.05) is 0 Å². The van der Waals surface area contributed by atoms with Gasteiger partial charge in [-0.2, -0.15) is 0 Å². The molecule has 2 aromatic rings. The van der Waals surface area contributed by atoms with Crippen LogP contribution in [-0.4, -0.2) is 0 Å². The Labute approximate surface area is 108 Å². The molecule has 0 aromatic heterocycles. The van der Waals surface area contributed by atoms with E-state index in [4.69, 9.17) is 0 Å². The molecule has 0 fully saturated rings. The summed E-state index contributed by atoms with van der Waals surface area (Å²) >= 11 is 0. The maximum atomic E-state index is 2.42. The van der Waals surface area contributed by atoms with Gasteiger partial charge in [-0.15, -0.1) is 0 Å². The van der Waals surface area contributed by atoms with Gasteiger partial charge in [0.1, 0.15) is 0 Å². The number of fused-ring (bicyclic) bond motifs is 5. The number of hydrogen-bond donors (Lipinski definition) is 0. The summed E-state index contributed by atoms with van der Waals surface area (Å²) in [6.45, 7) is 0. The van der Waals surface area contributed by atoms with Gasteiger partial charge in [-0.25, -0.2) is 0 Å². The van der Waals surface area contributed by atoms with E-state index in [0.29, 0.717) is 5.92 Å². The molecule has 0 heteroatoms. The fourth-order valence-corrected chi connectivity index (χ4v) is 3.40. The van der Waals surface area contributed by atoms with Crippen molar-refractivity contribution in [3.63, 3.8) is 0 Å². The Kier molecular flexibility index (Phi) is 2.16. The highest BCUT2D eigenvalue weighted by Crippen LogP contribution is 2.42. The van der Waals surface area contributed by atoms with Crippen LogP contribution in [0.3, 0.4) is 0 Å². The van der Waals surface area contributed by atoms with E-state index in [1.54, 1.807) is 0 Å². The molecule has 1 atom stereocenters. The van der Waals surface area contributed by atoms with Gasteiger partial charge in [0.05, 0.1) is 0 Å². The summed E-state index contributed by atoms with van der Waals surface area (Å²) in [6.07, 6.45) is 10.9. The van der Waals surface area contributed by atoms with Gasteiger partial charge >= 0.3 is 0 Å². The summed E-state index contributed by atoms with van der Waals surface area (Å²) < 4.78 is 0. The second-order valence-electron chi connectivity index (χ2n) is 5.31. The Hall–Kier alpha value is -1.82. The van der Waals surface area contributed by atoms with E-state index in [1.165, 1.54) is 46.7 Å². The molecule has 18 heavy (non-hydrogen) atoms. The van der Waals surface area contributed by atoms with Crippen LogP contribution < -0.4 is 0 Å². The van der Waals surface area contributed by atoms with E-state index in [9.17, 15) is 0 Å². The molecule has 0 spiro atoms. The SMILES string of the molecule is C1=Cc2c(ccc3ccccc23)C2CCCC=C12. The Morgan fingerprint density at radius 1 is 0.944 bits per heavy atom. The first kappa shape index (κ1) is 10.1. The van der Waals surface area contributed by atoms with Gasteiger partial charge in [0.25, 0.3) is 0 Å². The van der Waals surface area contributed by atoms with Crippen LogP contribution in [0.15, 0.2) is 54.1 Å². The summed E-state index contributed by atoms with van der Waals surface area (Å²) in [5.41, 5.74) is 4.50. The van der Waals surface area contributed by atoms with Crippen LogP contribution in [0, 0.1) is 0 Å². The molecule has 0 amide bonds. The molecular weight excluding hydrogens is 216 g/mol. The normalized spacial score (nSPS) is 21.3. The summed E-state index contributed by atoms with van der Waals surface area (Å²) in [5, 5.41) is 2.75. The number of benzene rings is 2. The van der Waals surface area contributed by atoms with Crippen molar-refractivity contribution in [2.75, 3.05) is 0 Å². The molecular formula is C18H16. The lowest BCUT2D eigenvalue weighted by molar-refractivity contribution is 0.632. The number of hydrogen-bond acceptors (Lipinski definition) is 0. The second kappa shape index (κ2) is 3.84. The van der Waals surface area contributed by atoms with Gasteiger partial charge in [0.15, 0.2) is 0 Å². The third kappa shape index (κ3) is 1.38. The van der Waals surface area contributed by atoms with Crippen LogP contribution in [0.2, 0.25) is 0 Å². The van der Waals surface area contributed by atoms with Crippen LogP contribution in [0.4, 0.5) is 0 Å². The lowest BCUT2D eigenvalue weighted by Crippen LogP contribution is -2.10. The quantitative estimate of drug-likeness (QED) is 0.595. The Morgan fingerprint density at radius 3 is 2.89 bits per heavy atom. The Bertz CT molecular complexity index is 673. The topological polar surface area (TPSA) is 0 Å². The van der Waals surface area contributed by atoms with Crippen molar-refractivity contribution in [3.8, 4) is 0 Å². The zero-order valence-electron chi connectivity index (χ0n) is 10.4. The van der Waals surface area contributed by atoms with Crippen molar-refractivity contribution in [2.45, 2.75) is 25.2 Å². The highest BCUT2D eigenvalue weighted by atomic mass is 14.3. The van der Waals surface area contributed by atoms with Gasteiger partial charge < -0.3 is 0 Å². The third-order valence-corrected chi connectivity index (χ3v) is 4.30. The van der Waals surface area contributed by atoms with E-state index in [0.717, 1.165) is 0 Å². The molecule has 0 radical (unpaired) electrons. The highest BCUT2D eigenvalue weighted by Gasteiger charge is 2.23. The molecule has 0 aliphatic heterocycles. The molecule has 2 aliphatic carbocycles. The largest absolute Gasteiger partial charge is 0.0807 e. The van der Waals surface area contributed by atoms with Gasteiger partial charge in [-0.3, -0.25) is 0 Å². The van der Waals surface area contributed by atoms with Crippen molar-refractivity contribution < 1.29 is 0 Å². The van der Waals surface area contributed by atoms with Gasteiger partial charge in [0.2, 0.25) is 0 Å². The highest BCUT2D eigenvalue weighted by molar-refractivity contribution is 5.93. The zero-order chi connectivity index (χ0) is 11.9. The van der Waals surface area contributed by atoms with E-state index in [2.05, 4.69) is 54.6 Å². The molecule has 1 unspecified atom stereocenters. The zero-order valence-corrected chi connectivity index (χ0v) is 10.4. The minimum absolute atomic E-state index is 0.642. The van der Waals surface area contributed by atoms with Gasteiger partial charge in [-0.1, -0.05) is 54.6 Å². The van der Waals surface area contributed by atoms with Crippen molar-refractivity contribution in [3.05, 3.63) is 65.3 Å². The van der Waals surface area contributed by atoms with Crippen molar-refractivity contribution >= 4 is 16.8 Å². The van der Waals surface area contributed by atoms with Crippen LogP contribution >= 0.6 is 0 Å². The van der Waals surface area contributed by atoms with Gasteiger partial charge in [-0.05, 0) is 46.7 Å². The molecule has 88 valence electrons. The monoisotopic (exact) mass is 232 g/mol. The fraction of sp³-hybridized carbons (Fsp3) is 0.222. The summed E-state index contributed by atoms with van der Waals surface area (Å²) in [6, 6.07) is 13.3.